The smallest absolute Gasteiger partial charge is 0.412 e. The van der Waals surface area contributed by atoms with E-state index in [1.807, 2.05) is 63.4 Å². The Kier molecular flexibility index (Phi) is 6.97. The molecule has 188 valence electrons. The van der Waals surface area contributed by atoms with Gasteiger partial charge in [0.15, 0.2) is 0 Å². The van der Waals surface area contributed by atoms with Gasteiger partial charge in [-0.25, -0.2) is 4.79 Å². The Labute approximate surface area is 213 Å². The Hall–Kier alpha value is -3.38. The van der Waals surface area contributed by atoms with Gasteiger partial charge in [-0.05, 0) is 87.4 Å². The number of hydrogen-bond donors (Lipinski definition) is 1. The monoisotopic (exact) mass is 485 g/mol. The fourth-order valence-corrected chi connectivity index (χ4v) is 6.06. The van der Waals surface area contributed by atoms with Crippen LogP contribution in [0.25, 0.3) is 10.9 Å². The molecule has 0 aliphatic carbocycles. The van der Waals surface area contributed by atoms with E-state index in [9.17, 15) is 4.79 Å². The number of carbonyl (C=O) groups excluding carboxylic acids is 1. The summed E-state index contributed by atoms with van der Waals surface area (Å²) in [6.45, 7) is 12.6. The van der Waals surface area contributed by atoms with Crippen molar-refractivity contribution in [2.24, 2.45) is 11.8 Å². The van der Waals surface area contributed by atoms with Gasteiger partial charge in [-0.15, -0.1) is 6.58 Å². The number of aromatic nitrogens is 1. The van der Waals surface area contributed by atoms with Crippen molar-refractivity contribution in [3.05, 3.63) is 78.0 Å². The van der Waals surface area contributed by atoms with Gasteiger partial charge in [0, 0.05) is 29.4 Å². The van der Waals surface area contributed by atoms with Crippen LogP contribution in [0.1, 0.15) is 42.6 Å². The number of rotatable bonds is 7. The summed E-state index contributed by atoms with van der Waals surface area (Å²) >= 11 is 0. The maximum Gasteiger partial charge on any atom is 0.412 e. The Morgan fingerprint density at radius 3 is 2.72 bits per heavy atom. The molecule has 1 amide bonds. The summed E-state index contributed by atoms with van der Waals surface area (Å²) in [6, 6.07) is 14.0. The number of anilines is 1. The number of para-hydroxylation sites is 1. The van der Waals surface area contributed by atoms with Gasteiger partial charge in [0.2, 0.25) is 0 Å². The first-order valence-electron chi connectivity index (χ1n) is 12.9. The van der Waals surface area contributed by atoms with Gasteiger partial charge in [0.25, 0.3) is 0 Å². The highest BCUT2D eigenvalue weighted by Gasteiger charge is 2.44. The van der Waals surface area contributed by atoms with Crippen LogP contribution in [0.3, 0.4) is 0 Å². The second-order valence-corrected chi connectivity index (χ2v) is 9.99. The van der Waals surface area contributed by atoms with Crippen molar-refractivity contribution in [2.45, 2.75) is 45.8 Å². The summed E-state index contributed by atoms with van der Waals surface area (Å²) in [7, 11) is 0. The molecule has 0 radical (unpaired) electrons. The van der Waals surface area contributed by atoms with Gasteiger partial charge in [0.1, 0.15) is 11.9 Å². The second-order valence-electron chi connectivity index (χ2n) is 9.99. The van der Waals surface area contributed by atoms with E-state index in [1.54, 1.807) is 0 Å². The highest BCUT2D eigenvalue weighted by Crippen LogP contribution is 2.43. The molecule has 3 aliphatic rings. The number of ether oxygens (including phenoxy) is 2. The molecule has 0 spiro atoms. The van der Waals surface area contributed by atoms with Crippen molar-refractivity contribution < 1.29 is 14.3 Å². The van der Waals surface area contributed by atoms with Crippen LogP contribution in [0.15, 0.2) is 61.3 Å². The molecule has 6 nitrogen and oxygen atoms in total. The van der Waals surface area contributed by atoms with Crippen molar-refractivity contribution in [3.8, 4) is 5.75 Å². The molecular formula is C30H35N3O3. The number of carbonyl (C=O) groups is 1. The van der Waals surface area contributed by atoms with Crippen LogP contribution in [0.2, 0.25) is 0 Å². The predicted molar refractivity (Wildman–Crippen MR) is 143 cm³/mol. The molecule has 6 heteroatoms. The van der Waals surface area contributed by atoms with E-state index in [0.29, 0.717) is 24.1 Å². The van der Waals surface area contributed by atoms with Crippen LogP contribution in [0.5, 0.6) is 5.75 Å². The summed E-state index contributed by atoms with van der Waals surface area (Å²) in [6.07, 6.45) is 5.19. The van der Waals surface area contributed by atoms with Crippen LogP contribution in [0, 0.1) is 25.7 Å². The van der Waals surface area contributed by atoms with E-state index in [0.717, 1.165) is 59.3 Å². The number of nitrogens with zero attached hydrogens (tertiary/aromatic N) is 2. The Morgan fingerprint density at radius 2 is 2.03 bits per heavy atom. The molecule has 3 aliphatic heterocycles. The zero-order chi connectivity index (χ0) is 25.2. The van der Waals surface area contributed by atoms with E-state index in [4.69, 9.17) is 9.47 Å². The lowest BCUT2D eigenvalue weighted by Crippen LogP contribution is -2.55. The molecule has 3 saturated heterocycles. The van der Waals surface area contributed by atoms with Crippen molar-refractivity contribution in [1.82, 2.24) is 9.88 Å². The molecule has 6 rings (SSSR count). The number of amides is 1. The van der Waals surface area contributed by atoms with Crippen molar-refractivity contribution in [2.75, 3.05) is 25.0 Å². The number of piperidine rings is 3. The molecular weight excluding hydrogens is 450 g/mol. The predicted octanol–water partition coefficient (Wildman–Crippen LogP) is 6.44. The minimum Gasteiger partial charge on any atom is -0.493 e. The summed E-state index contributed by atoms with van der Waals surface area (Å²) < 4.78 is 12.0. The molecule has 3 aromatic rings. The Bertz CT molecular complexity index is 1250. The third-order valence-electron chi connectivity index (χ3n) is 7.72. The molecule has 3 fully saturated rings. The van der Waals surface area contributed by atoms with E-state index in [-0.39, 0.29) is 6.04 Å². The largest absolute Gasteiger partial charge is 0.493 e. The van der Waals surface area contributed by atoms with Gasteiger partial charge in [-0.1, -0.05) is 24.3 Å². The maximum absolute atomic E-state index is 13.3. The van der Waals surface area contributed by atoms with Crippen LogP contribution < -0.4 is 10.1 Å². The van der Waals surface area contributed by atoms with Gasteiger partial charge in [-0.3, -0.25) is 15.2 Å². The average molecular weight is 486 g/mol. The van der Waals surface area contributed by atoms with Crippen LogP contribution in [-0.4, -0.2) is 41.7 Å². The fraction of sp³-hybridized carbons (Fsp3) is 0.400. The van der Waals surface area contributed by atoms with E-state index >= 15 is 0 Å². The van der Waals surface area contributed by atoms with E-state index in [1.165, 1.54) is 0 Å². The first-order chi connectivity index (χ1) is 17.5. The normalized spacial score (nSPS) is 23.8. The second kappa shape index (κ2) is 10.3. The van der Waals surface area contributed by atoms with Crippen molar-refractivity contribution >= 4 is 22.7 Å². The summed E-state index contributed by atoms with van der Waals surface area (Å²) in [5, 5.41) is 4.00. The van der Waals surface area contributed by atoms with Gasteiger partial charge in [0.05, 0.1) is 18.2 Å². The summed E-state index contributed by atoms with van der Waals surface area (Å²) in [4.78, 5) is 20.3. The Morgan fingerprint density at radius 1 is 1.25 bits per heavy atom. The third-order valence-corrected chi connectivity index (χ3v) is 7.72. The lowest BCUT2D eigenvalue weighted by atomic mass is 9.73. The molecule has 4 heterocycles. The van der Waals surface area contributed by atoms with E-state index < -0.39 is 12.2 Å². The molecule has 4 unspecified atom stereocenters. The minimum absolute atomic E-state index is 0.111. The van der Waals surface area contributed by atoms with Gasteiger partial charge >= 0.3 is 6.09 Å². The molecule has 1 N–H and O–H groups in total. The first kappa shape index (κ1) is 24.3. The summed E-state index contributed by atoms with van der Waals surface area (Å²) in [5.74, 6) is 1.92. The van der Waals surface area contributed by atoms with Crippen LogP contribution in [-0.2, 0) is 4.74 Å². The zero-order valence-electron chi connectivity index (χ0n) is 21.4. The summed E-state index contributed by atoms with van der Waals surface area (Å²) in [5.41, 5.74) is 4.57. The highest BCUT2D eigenvalue weighted by atomic mass is 16.6. The van der Waals surface area contributed by atoms with Gasteiger partial charge in [-0.2, -0.15) is 0 Å². The zero-order valence-corrected chi connectivity index (χ0v) is 21.4. The molecule has 1 aromatic heterocycles. The molecule has 0 saturated carbocycles. The maximum atomic E-state index is 13.3. The number of hydrogen-bond acceptors (Lipinski definition) is 5. The van der Waals surface area contributed by atoms with Crippen LogP contribution >= 0.6 is 0 Å². The number of aryl methyl sites for hydroxylation is 2. The quantitative estimate of drug-likeness (QED) is 0.390. The van der Waals surface area contributed by atoms with Crippen LogP contribution in [0.4, 0.5) is 10.5 Å². The van der Waals surface area contributed by atoms with Crippen molar-refractivity contribution in [1.29, 1.82) is 0 Å². The highest BCUT2D eigenvalue weighted by molar-refractivity contribution is 5.86. The van der Waals surface area contributed by atoms with Gasteiger partial charge < -0.3 is 9.47 Å². The number of nitrogens with one attached hydrogen (secondary N) is 1. The Balaban J connectivity index is 1.45. The fourth-order valence-electron chi connectivity index (χ4n) is 6.06. The number of benzene rings is 2. The topological polar surface area (TPSA) is 63.7 Å². The molecule has 2 aromatic carbocycles. The average Bonchev–Trinajstić information content (AvgIpc) is 2.89. The lowest BCUT2D eigenvalue weighted by Gasteiger charge is -2.51. The van der Waals surface area contributed by atoms with Crippen molar-refractivity contribution in [3.63, 3.8) is 0 Å². The standard InChI is InChI=1S/C30H35N3O3/c1-5-21-18-33-14-12-22(21)17-27(33)29(25-11-13-31-26-10-8-7-9-24(25)26)36-30(34)32-23-15-19(3)28(35-6-2)20(4)16-23/h5,7-11,13,15-16,21-22,27,29H,1,6,12,14,17-18H2,2-4H3,(H,32,34)/t21?,22?,27?,29-/m0/s1. The minimum atomic E-state index is -0.452. The number of pyridine rings is 1. The first-order valence-corrected chi connectivity index (χ1v) is 12.9. The van der Waals surface area contributed by atoms with E-state index in [2.05, 4.69) is 33.9 Å². The lowest BCUT2D eigenvalue weighted by molar-refractivity contribution is -0.0473. The molecule has 2 bridgehead atoms. The SMILES string of the molecule is C=CC1CN2CCC1CC2[C@@H](OC(=O)Nc1cc(C)c(OCC)c(C)c1)c1ccnc2ccccc12. The molecule has 36 heavy (non-hydrogen) atoms. The third kappa shape index (κ3) is 4.70. The molecule has 5 atom stereocenters. The number of fused-ring (bicyclic) bond motifs is 4.